The summed E-state index contributed by atoms with van der Waals surface area (Å²) >= 11 is 0. The Kier molecular flexibility index (Phi) is 3.66. The largest absolute Gasteiger partial charge is 0.309 e. The summed E-state index contributed by atoms with van der Waals surface area (Å²) in [6, 6.07) is 10.1. The molecule has 1 nitrogen and oxygen atoms in total. The lowest BCUT2D eigenvalue weighted by Gasteiger charge is -2.28. The van der Waals surface area contributed by atoms with Crippen LogP contribution < -0.4 is 5.32 Å². The van der Waals surface area contributed by atoms with Crippen LogP contribution in [0.25, 0.3) is 0 Å². The van der Waals surface area contributed by atoms with Gasteiger partial charge in [-0.25, -0.2) is 0 Å². The molecule has 0 saturated heterocycles. The van der Waals surface area contributed by atoms with E-state index < -0.39 is 0 Å². The number of hydrogen-bond donors (Lipinski definition) is 1. The van der Waals surface area contributed by atoms with Crippen LogP contribution in [0.15, 0.2) is 24.3 Å². The van der Waals surface area contributed by atoms with Crippen molar-refractivity contribution in [3.05, 3.63) is 35.4 Å². The normalized spacial score (nSPS) is 22.8. The van der Waals surface area contributed by atoms with Gasteiger partial charge in [0.05, 0.1) is 0 Å². The van der Waals surface area contributed by atoms with Crippen LogP contribution in [-0.4, -0.2) is 6.54 Å². The van der Waals surface area contributed by atoms with Gasteiger partial charge in [-0.3, -0.25) is 0 Å². The third-order valence-corrected chi connectivity index (χ3v) is 5.18. The van der Waals surface area contributed by atoms with E-state index in [1.807, 2.05) is 0 Å². The first-order chi connectivity index (χ1) is 9.23. The van der Waals surface area contributed by atoms with Gasteiger partial charge in [-0.15, -0.1) is 0 Å². The van der Waals surface area contributed by atoms with E-state index in [-0.39, 0.29) is 0 Å². The third kappa shape index (κ3) is 2.72. The fourth-order valence-corrected chi connectivity index (χ4v) is 3.24. The van der Waals surface area contributed by atoms with Crippen LogP contribution in [0.2, 0.25) is 0 Å². The molecule has 1 aromatic rings. The zero-order valence-corrected chi connectivity index (χ0v) is 12.4. The summed E-state index contributed by atoms with van der Waals surface area (Å²) in [6.07, 6.45) is 8.18. The molecular weight excluding hydrogens is 230 g/mol. The molecule has 0 heterocycles. The summed E-state index contributed by atoms with van der Waals surface area (Å²) in [5.74, 6) is 0.854. The van der Waals surface area contributed by atoms with E-state index >= 15 is 0 Å². The fraction of sp³-hybridized carbons (Fsp3) is 0.667. The predicted molar refractivity (Wildman–Crippen MR) is 81.4 cm³/mol. The molecule has 2 aliphatic rings. The first-order valence-corrected chi connectivity index (χ1v) is 8.06. The molecule has 1 unspecified atom stereocenters. The van der Waals surface area contributed by atoms with Crippen molar-refractivity contribution < 1.29 is 0 Å². The molecule has 0 aliphatic heterocycles. The molecule has 1 atom stereocenters. The Morgan fingerprint density at radius 3 is 2.37 bits per heavy atom. The van der Waals surface area contributed by atoms with E-state index in [2.05, 4.69) is 43.4 Å². The van der Waals surface area contributed by atoms with Gasteiger partial charge in [-0.05, 0) is 61.1 Å². The number of rotatable bonds is 6. The summed E-state index contributed by atoms with van der Waals surface area (Å²) in [6.45, 7) is 5.81. The Morgan fingerprint density at radius 2 is 1.89 bits per heavy atom. The molecule has 0 radical (unpaired) electrons. The molecule has 1 heteroatoms. The lowest BCUT2D eigenvalue weighted by molar-refractivity contribution is 0.366. The lowest BCUT2D eigenvalue weighted by Crippen LogP contribution is -2.28. The minimum Gasteiger partial charge on any atom is -0.309 e. The molecule has 0 bridgehead atoms. The van der Waals surface area contributed by atoms with Crippen molar-refractivity contribution >= 4 is 0 Å². The van der Waals surface area contributed by atoms with Crippen LogP contribution in [0.5, 0.6) is 0 Å². The molecule has 2 saturated carbocycles. The molecule has 0 aromatic heterocycles. The SMILES string of the molecule is CCCNC(c1ccc(C2CCC2)cc1)C1(C)CC1. The topological polar surface area (TPSA) is 12.0 Å². The smallest absolute Gasteiger partial charge is 0.0374 e. The quantitative estimate of drug-likeness (QED) is 0.772. The minimum absolute atomic E-state index is 0.507. The van der Waals surface area contributed by atoms with Crippen molar-refractivity contribution in [3.8, 4) is 0 Å². The van der Waals surface area contributed by atoms with Crippen LogP contribution in [0, 0.1) is 5.41 Å². The lowest BCUT2D eigenvalue weighted by atomic mass is 9.79. The molecule has 104 valence electrons. The molecule has 0 amide bonds. The van der Waals surface area contributed by atoms with Crippen molar-refractivity contribution in [1.29, 1.82) is 0 Å². The second-order valence-electron chi connectivity index (χ2n) is 6.84. The average Bonchev–Trinajstić information content (AvgIpc) is 3.08. The second-order valence-corrected chi connectivity index (χ2v) is 6.84. The number of hydrogen-bond acceptors (Lipinski definition) is 1. The summed E-state index contributed by atoms with van der Waals surface area (Å²) in [5.41, 5.74) is 3.56. The molecule has 1 N–H and O–H groups in total. The Labute approximate surface area is 117 Å². The minimum atomic E-state index is 0.507. The van der Waals surface area contributed by atoms with Crippen molar-refractivity contribution in [3.63, 3.8) is 0 Å². The van der Waals surface area contributed by atoms with E-state index in [9.17, 15) is 0 Å². The van der Waals surface area contributed by atoms with Gasteiger partial charge in [0.15, 0.2) is 0 Å². The van der Waals surface area contributed by atoms with Gasteiger partial charge in [0.2, 0.25) is 0 Å². The average molecular weight is 257 g/mol. The van der Waals surface area contributed by atoms with Crippen LogP contribution in [0.4, 0.5) is 0 Å². The van der Waals surface area contributed by atoms with E-state index in [4.69, 9.17) is 0 Å². The standard InChI is InChI=1S/C18H27N/c1-3-13-19-17(18(2)11-12-18)16-9-7-15(8-10-16)14-5-4-6-14/h7-10,14,17,19H,3-6,11-13H2,1-2H3. The van der Waals surface area contributed by atoms with Crippen LogP contribution in [0.3, 0.4) is 0 Å². The van der Waals surface area contributed by atoms with Gasteiger partial charge < -0.3 is 5.32 Å². The zero-order chi connectivity index (χ0) is 13.3. The highest BCUT2D eigenvalue weighted by molar-refractivity contribution is 5.30. The summed E-state index contributed by atoms with van der Waals surface area (Å²) in [7, 11) is 0. The Balaban J connectivity index is 1.74. The van der Waals surface area contributed by atoms with E-state index in [1.54, 1.807) is 5.56 Å². The molecule has 3 rings (SSSR count). The van der Waals surface area contributed by atoms with Gasteiger partial charge >= 0.3 is 0 Å². The monoisotopic (exact) mass is 257 g/mol. The molecule has 2 fully saturated rings. The van der Waals surface area contributed by atoms with E-state index in [1.165, 1.54) is 44.1 Å². The molecule has 1 aromatic carbocycles. The van der Waals surface area contributed by atoms with Gasteiger partial charge in [0, 0.05) is 6.04 Å². The van der Waals surface area contributed by atoms with Crippen LogP contribution in [-0.2, 0) is 0 Å². The number of benzene rings is 1. The van der Waals surface area contributed by atoms with Gasteiger partial charge in [-0.1, -0.05) is 44.5 Å². The third-order valence-electron chi connectivity index (χ3n) is 5.18. The maximum atomic E-state index is 3.76. The zero-order valence-electron chi connectivity index (χ0n) is 12.4. The Morgan fingerprint density at radius 1 is 1.21 bits per heavy atom. The van der Waals surface area contributed by atoms with Crippen LogP contribution >= 0.6 is 0 Å². The molecular formula is C18H27N. The first kappa shape index (κ1) is 13.2. The highest BCUT2D eigenvalue weighted by atomic mass is 14.9. The molecule has 2 aliphatic carbocycles. The highest BCUT2D eigenvalue weighted by Crippen LogP contribution is 2.54. The second kappa shape index (κ2) is 5.28. The van der Waals surface area contributed by atoms with Gasteiger partial charge in [0.1, 0.15) is 0 Å². The van der Waals surface area contributed by atoms with Gasteiger partial charge in [0.25, 0.3) is 0 Å². The van der Waals surface area contributed by atoms with Gasteiger partial charge in [-0.2, -0.15) is 0 Å². The maximum absolute atomic E-state index is 3.76. The summed E-state index contributed by atoms with van der Waals surface area (Å²) < 4.78 is 0. The predicted octanol–water partition coefficient (Wildman–Crippen LogP) is 4.79. The van der Waals surface area contributed by atoms with Crippen molar-refractivity contribution in [1.82, 2.24) is 5.32 Å². The summed E-state index contributed by atoms with van der Waals surface area (Å²) in [5, 5.41) is 3.76. The van der Waals surface area contributed by atoms with E-state index in [0.717, 1.165) is 12.5 Å². The first-order valence-electron chi connectivity index (χ1n) is 8.06. The van der Waals surface area contributed by atoms with Crippen molar-refractivity contribution in [2.75, 3.05) is 6.54 Å². The van der Waals surface area contributed by atoms with Crippen molar-refractivity contribution in [2.24, 2.45) is 5.41 Å². The fourth-order valence-electron chi connectivity index (χ4n) is 3.24. The van der Waals surface area contributed by atoms with Crippen LogP contribution in [0.1, 0.15) is 75.5 Å². The summed E-state index contributed by atoms with van der Waals surface area (Å²) in [4.78, 5) is 0. The Hall–Kier alpha value is -0.820. The van der Waals surface area contributed by atoms with E-state index in [0.29, 0.717) is 11.5 Å². The molecule has 19 heavy (non-hydrogen) atoms. The number of nitrogens with one attached hydrogen (secondary N) is 1. The highest BCUT2D eigenvalue weighted by Gasteiger charge is 2.45. The van der Waals surface area contributed by atoms with Crippen molar-refractivity contribution in [2.45, 2.75) is 64.3 Å². The maximum Gasteiger partial charge on any atom is 0.0374 e. The molecule has 0 spiro atoms. The Bertz CT molecular complexity index is 412.